The molecule has 0 aromatic carbocycles. The van der Waals surface area contributed by atoms with Gasteiger partial charge in [-0.15, -0.1) is 0 Å². The van der Waals surface area contributed by atoms with E-state index >= 15 is 0 Å². The zero-order valence-electron chi connectivity index (χ0n) is 11.1. The number of allylic oxidation sites excluding steroid dienone is 4. The van der Waals surface area contributed by atoms with E-state index < -0.39 is 0 Å². The standard InChI is InChI=1S/C15H24.H2O/c1-11(2)7-10-14-12(3)8-9-13(4)15(14,5)6;/h7,10,13-14H,1,3,8-9H2,2,4-6H3;1H2/b10-7+;/t13-,14+;/m1./s1. The first-order chi connectivity index (χ1) is 6.85. The van der Waals surface area contributed by atoms with Crippen molar-refractivity contribution in [2.75, 3.05) is 0 Å². The summed E-state index contributed by atoms with van der Waals surface area (Å²) in [6.45, 7) is 17.2. The molecule has 1 rings (SSSR count). The molecule has 0 amide bonds. The highest BCUT2D eigenvalue weighted by molar-refractivity contribution is 5.22. The topological polar surface area (TPSA) is 31.5 Å². The Morgan fingerprint density at radius 3 is 2.50 bits per heavy atom. The lowest BCUT2D eigenvalue weighted by Gasteiger charge is -2.44. The summed E-state index contributed by atoms with van der Waals surface area (Å²) in [5.41, 5.74) is 2.84. The largest absolute Gasteiger partial charge is 0.412 e. The first kappa shape index (κ1) is 15.2. The minimum atomic E-state index is 0. The van der Waals surface area contributed by atoms with Crippen LogP contribution in [-0.2, 0) is 0 Å². The van der Waals surface area contributed by atoms with Crippen LogP contribution in [0.15, 0.2) is 36.5 Å². The molecule has 0 bridgehead atoms. The molecule has 0 heterocycles. The highest BCUT2D eigenvalue weighted by Gasteiger charge is 2.38. The maximum absolute atomic E-state index is 4.22. The lowest BCUT2D eigenvalue weighted by molar-refractivity contribution is 0.141. The fraction of sp³-hybridized carbons (Fsp3) is 0.600. The first-order valence-corrected chi connectivity index (χ1v) is 5.87. The molecular formula is C15H26O. The fourth-order valence-electron chi connectivity index (χ4n) is 2.41. The van der Waals surface area contributed by atoms with Crippen LogP contribution in [0.3, 0.4) is 0 Å². The molecule has 1 aliphatic carbocycles. The zero-order valence-corrected chi connectivity index (χ0v) is 11.1. The minimum Gasteiger partial charge on any atom is -0.412 e. The predicted octanol–water partition coefficient (Wildman–Crippen LogP) is 3.92. The van der Waals surface area contributed by atoms with Crippen molar-refractivity contribution in [3.63, 3.8) is 0 Å². The van der Waals surface area contributed by atoms with E-state index in [2.05, 4.69) is 46.1 Å². The van der Waals surface area contributed by atoms with Crippen LogP contribution in [0, 0.1) is 17.3 Å². The summed E-state index contributed by atoms with van der Waals surface area (Å²) in [5, 5.41) is 0. The van der Waals surface area contributed by atoms with Gasteiger partial charge < -0.3 is 5.48 Å². The fourth-order valence-corrected chi connectivity index (χ4v) is 2.41. The molecule has 2 N–H and O–H groups in total. The van der Waals surface area contributed by atoms with Gasteiger partial charge in [-0.3, -0.25) is 0 Å². The van der Waals surface area contributed by atoms with Gasteiger partial charge in [0.15, 0.2) is 0 Å². The third kappa shape index (κ3) is 3.08. The van der Waals surface area contributed by atoms with Crippen molar-refractivity contribution < 1.29 is 5.48 Å². The van der Waals surface area contributed by atoms with Crippen molar-refractivity contribution in [3.8, 4) is 0 Å². The summed E-state index contributed by atoms with van der Waals surface area (Å²) in [6.07, 6.45) is 6.88. The van der Waals surface area contributed by atoms with Crippen molar-refractivity contribution in [1.82, 2.24) is 0 Å². The van der Waals surface area contributed by atoms with Crippen LogP contribution in [0.5, 0.6) is 0 Å². The molecule has 1 saturated carbocycles. The van der Waals surface area contributed by atoms with Crippen molar-refractivity contribution in [2.24, 2.45) is 17.3 Å². The van der Waals surface area contributed by atoms with Crippen LogP contribution in [0.25, 0.3) is 0 Å². The maximum atomic E-state index is 4.22. The van der Waals surface area contributed by atoms with Crippen molar-refractivity contribution in [3.05, 3.63) is 36.5 Å². The molecule has 2 atom stereocenters. The van der Waals surface area contributed by atoms with Gasteiger partial charge in [0.25, 0.3) is 0 Å². The molecule has 92 valence electrons. The minimum absolute atomic E-state index is 0. The molecule has 0 radical (unpaired) electrons. The second-order valence-corrected chi connectivity index (χ2v) is 5.60. The summed E-state index contributed by atoms with van der Waals surface area (Å²) in [7, 11) is 0. The summed E-state index contributed by atoms with van der Waals surface area (Å²) in [6, 6.07) is 0. The Bertz CT molecular complexity index is 297. The molecule has 1 nitrogen and oxygen atoms in total. The van der Waals surface area contributed by atoms with Crippen LogP contribution in [0.4, 0.5) is 0 Å². The highest BCUT2D eigenvalue weighted by Crippen LogP contribution is 2.47. The zero-order chi connectivity index (χ0) is 11.6. The Hall–Kier alpha value is -0.820. The SMILES string of the molecule is C=C(C)/C=C/[C@H]1C(=C)CC[C@@H](C)C1(C)C.O. The Morgan fingerprint density at radius 2 is 2.00 bits per heavy atom. The van der Waals surface area contributed by atoms with Gasteiger partial charge in [-0.05, 0) is 31.1 Å². The van der Waals surface area contributed by atoms with Crippen LogP contribution in [0.1, 0.15) is 40.5 Å². The average molecular weight is 222 g/mol. The summed E-state index contributed by atoms with van der Waals surface area (Å²) in [4.78, 5) is 0. The van der Waals surface area contributed by atoms with E-state index in [1.165, 1.54) is 18.4 Å². The molecule has 1 fully saturated rings. The molecule has 0 unspecified atom stereocenters. The number of hydrogen-bond acceptors (Lipinski definition) is 0. The summed E-state index contributed by atoms with van der Waals surface area (Å²) >= 11 is 0. The highest BCUT2D eigenvalue weighted by atomic mass is 16.0. The Balaban J connectivity index is 0.00000225. The van der Waals surface area contributed by atoms with Crippen LogP contribution < -0.4 is 0 Å². The van der Waals surface area contributed by atoms with Gasteiger partial charge in [-0.25, -0.2) is 0 Å². The number of hydrogen-bond donors (Lipinski definition) is 0. The summed E-state index contributed by atoms with van der Waals surface area (Å²) < 4.78 is 0. The van der Waals surface area contributed by atoms with E-state index in [9.17, 15) is 0 Å². The lowest BCUT2D eigenvalue weighted by Crippen LogP contribution is -2.35. The third-order valence-electron chi connectivity index (χ3n) is 3.98. The van der Waals surface area contributed by atoms with Crippen molar-refractivity contribution in [1.29, 1.82) is 0 Å². The van der Waals surface area contributed by atoms with E-state index in [1.54, 1.807) is 0 Å². The van der Waals surface area contributed by atoms with Gasteiger partial charge in [0.2, 0.25) is 0 Å². The third-order valence-corrected chi connectivity index (χ3v) is 3.98. The first-order valence-electron chi connectivity index (χ1n) is 5.87. The van der Waals surface area contributed by atoms with Crippen LogP contribution in [0.2, 0.25) is 0 Å². The normalized spacial score (nSPS) is 28.9. The van der Waals surface area contributed by atoms with Gasteiger partial charge in [-0.1, -0.05) is 57.2 Å². The molecule has 0 aromatic heterocycles. The Morgan fingerprint density at radius 1 is 1.44 bits per heavy atom. The quantitative estimate of drug-likeness (QED) is 0.501. The molecule has 0 aliphatic heterocycles. The molecule has 0 aromatic rings. The Labute approximate surface area is 100 Å². The van der Waals surface area contributed by atoms with Crippen LogP contribution in [-0.4, -0.2) is 5.48 Å². The van der Waals surface area contributed by atoms with Crippen LogP contribution >= 0.6 is 0 Å². The van der Waals surface area contributed by atoms with Gasteiger partial charge in [-0.2, -0.15) is 0 Å². The predicted molar refractivity (Wildman–Crippen MR) is 72.4 cm³/mol. The van der Waals surface area contributed by atoms with Gasteiger partial charge in [0, 0.05) is 5.92 Å². The molecule has 16 heavy (non-hydrogen) atoms. The maximum Gasteiger partial charge on any atom is 0.00310 e. The van der Waals surface area contributed by atoms with Gasteiger partial charge in [0.1, 0.15) is 0 Å². The number of rotatable bonds is 2. The summed E-state index contributed by atoms with van der Waals surface area (Å²) in [5.74, 6) is 1.28. The molecule has 0 saturated heterocycles. The average Bonchev–Trinajstić information content (AvgIpc) is 2.11. The van der Waals surface area contributed by atoms with E-state index in [-0.39, 0.29) is 5.48 Å². The second-order valence-electron chi connectivity index (χ2n) is 5.60. The van der Waals surface area contributed by atoms with Crippen molar-refractivity contribution in [2.45, 2.75) is 40.5 Å². The monoisotopic (exact) mass is 222 g/mol. The van der Waals surface area contributed by atoms with Gasteiger partial charge >= 0.3 is 0 Å². The van der Waals surface area contributed by atoms with E-state index in [1.807, 2.05) is 6.92 Å². The molecule has 1 heteroatoms. The van der Waals surface area contributed by atoms with E-state index in [0.29, 0.717) is 11.3 Å². The lowest BCUT2D eigenvalue weighted by atomic mass is 9.61. The van der Waals surface area contributed by atoms with Crippen molar-refractivity contribution >= 4 is 0 Å². The van der Waals surface area contributed by atoms with Gasteiger partial charge in [0.05, 0.1) is 0 Å². The molecular weight excluding hydrogens is 196 g/mol. The molecule has 0 spiro atoms. The van der Waals surface area contributed by atoms with E-state index in [4.69, 9.17) is 0 Å². The smallest absolute Gasteiger partial charge is 0.00310 e. The molecule has 1 aliphatic rings. The Kier molecular flexibility index (Phi) is 5.21. The second kappa shape index (κ2) is 5.49. The van der Waals surface area contributed by atoms with E-state index in [0.717, 1.165) is 11.5 Å².